The van der Waals surface area contributed by atoms with Gasteiger partial charge in [-0.05, 0) is 36.8 Å². The number of halogens is 2. The predicted octanol–water partition coefficient (Wildman–Crippen LogP) is 5.53. The first-order chi connectivity index (χ1) is 17.3. The Morgan fingerprint density at radius 1 is 1.08 bits per heavy atom. The average Bonchev–Trinajstić information content (AvgIpc) is 3.30. The van der Waals surface area contributed by atoms with E-state index in [9.17, 15) is 18.4 Å². The molecule has 0 aliphatic heterocycles. The standard InChI is InChI=1S/C26H21F2N3O5/c1-5-21(32)30-15-8-6-7-13(2)25(15)31-20-10-14-9-18(36-19(14)12-29-20)26(33)22-23(27)16(34-3)11-17(35-4)24(22)28/h5-12H,1H2,2-4H3,(H,29,31)(H,30,32). The van der Waals surface area contributed by atoms with E-state index in [1.54, 1.807) is 18.2 Å². The third kappa shape index (κ3) is 4.48. The molecule has 0 spiro atoms. The fourth-order valence-corrected chi connectivity index (χ4v) is 3.58. The van der Waals surface area contributed by atoms with E-state index in [1.807, 2.05) is 13.0 Å². The Morgan fingerprint density at radius 2 is 1.78 bits per heavy atom. The van der Waals surface area contributed by atoms with Gasteiger partial charge in [0.2, 0.25) is 11.7 Å². The molecule has 2 aromatic carbocycles. The van der Waals surface area contributed by atoms with Crippen LogP contribution in [0.15, 0.2) is 59.7 Å². The molecule has 0 saturated carbocycles. The summed E-state index contributed by atoms with van der Waals surface area (Å²) in [6, 6.07) is 9.32. The van der Waals surface area contributed by atoms with E-state index in [1.165, 1.54) is 26.5 Å². The number of para-hydroxylation sites is 1. The van der Waals surface area contributed by atoms with Crippen molar-refractivity contribution < 1.29 is 32.3 Å². The number of carbonyl (C=O) groups excluding carboxylic acids is 2. The SMILES string of the molecule is C=CC(=O)Nc1cccc(C)c1Nc1cc2cc(C(=O)c3c(F)c(OC)cc(OC)c3F)oc2cn1. The second kappa shape index (κ2) is 9.87. The summed E-state index contributed by atoms with van der Waals surface area (Å²) in [6.07, 6.45) is 2.53. The highest BCUT2D eigenvalue weighted by Gasteiger charge is 2.28. The number of hydrogen-bond donors (Lipinski definition) is 2. The number of ketones is 1. The molecule has 2 N–H and O–H groups in total. The van der Waals surface area contributed by atoms with Gasteiger partial charge in [0.15, 0.2) is 34.5 Å². The van der Waals surface area contributed by atoms with Crippen LogP contribution in [-0.4, -0.2) is 30.9 Å². The van der Waals surface area contributed by atoms with Crippen molar-refractivity contribution >= 4 is 39.9 Å². The van der Waals surface area contributed by atoms with Gasteiger partial charge in [-0.25, -0.2) is 13.8 Å². The minimum atomic E-state index is -1.17. The van der Waals surface area contributed by atoms with Gasteiger partial charge in [-0.2, -0.15) is 0 Å². The Hall–Kier alpha value is -4.73. The summed E-state index contributed by atoms with van der Waals surface area (Å²) >= 11 is 0. The molecule has 2 heterocycles. The van der Waals surface area contributed by atoms with Crippen LogP contribution in [0, 0.1) is 18.6 Å². The van der Waals surface area contributed by atoms with Crippen LogP contribution in [0.1, 0.15) is 21.7 Å². The number of furan rings is 1. The third-order valence-electron chi connectivity index (χ3n) is 5.40. The zero-order valence-electron chi connectivity index (χ0n) is 19.6. The second-order valence-electron chi connectivity index (χ2n) is 7.65. The number of nitrogens with one attached hydrogen (secondary N) is 2. The number of benzene rings is 2. The summed E-state index contributed by atoms with van der Waals surface area (Å²) < 4.78 is 44.9. The van der Waals surface area contributed by atoms with Gasteiger partial charge < -0.3 is 24.5 Å². The smallest absolute Gasteiger partial charge is 0.247 e. The third-order valence-corrected chi connectivity index (χ3v) is 5.40. The molecule has 0 saturated heterocycles. The molecule has 10 heteroatoms. The van der Waals surface area contributed by atoms with Crippen LogP contribution in [0.2, 0.25) is 0 Å². The largest absolute Gasteiger partial charge is 0.494 e. The lowest BCUT2D eigenvalue weighted by atomic mass is 10.1. The zero-order valence-corrected chi connectivity index (χ0v) is 19.6. The topological polar surface area (TPSA) is 103 Å². The van der Waals surface area contributed by atoms with E-state index in [2.05, 4.69) is 22.2 Å². The number of nitrogens with zero attached hydrogens (tertiary/aromatic N) is 1. The van der Waals surface area contributed by atoms with Gasteiger partial charge >= 0.3 is 0 Å². The molecule has 4 aromatic rings. The van der Waals surface area contributed by atoms with Gasteiger partial charge in [-0.15, -0.1) is 0 Å². The van der Waals surface area contributed by atoms with Crippen LogP contribution in [0.5, 0.6) is 11.5 Å². The fraction of sp³-hybridized carbons (Fsp3) is 0.115. The molecule has 0 radical (unpaired) electrons. The van der Waals surface area contributed by atoms with Crippen molar-refractivity contribution in [2.45, 2.75) is 6.92 Å². The molecule has 0 aliphatic rings. The van der Waals surface area contributed by atoms with Crippen LogP contribution in [0.25, 0.3) is 11.0 Å². The van der Waals surface area contributed by atoms with E-state index in [-0.39, 0.29) is 28.7 Å². The zero-order chi connectivity index (χ0) is 26.0. The summed E-state index contributed by atoms with van der Waals surface area (Å²) in [6.45, 7) is 5.30. The van der Waals surface area contributed by atoms with E-state index >= 15 is 0 Å². The van der Waals surface area contributed by atoms with Gasteiger partial charge in [0.25, 0.3) is 0 Å². The normalized spacial score (nSPS) is 10.7. The second-order valence-corrected chi connectivity index (χ2v) is 7.65. The molecule has 8 nitrogen and oxygen atoms in total. The van der Waals surface area contributed by atoms with Crippen molar-refractivity contribution in [2.75, 3.05) is 24.9 Å². The van der Waals surface area contributed by atoms with Gasteiger partial charge in [-0.1, -0.05) is 18.7 Å². The maximum absolute atomic E-state index is 14.8. The van der Waals surface area contributed by atoms with Gasteiger partial charge in [0.1, 0.15) is 11.4 Å². The summed E-state index contributed by atoms with van der Waals surface area (Å²) in [4.78, 5) is 29.1. The Morgan fingerprint density at radius 3 is 2.42 bits per heavy atom. The minimum absolute atomic E-state index is 0.226. The average molecular weight is 493 g/mol. The monoisotopic (exact) mass is 493 g/mol. The van der Waals surface area contributed by atoms with E-state index < -0.39 is 23.0 Å². The number of carbonyl (C=O) groups is 2. The lowest BCUT2D eigenvalue weighted by Crippen LogP contribution is -2.10. The Bertz CT molecular complexity index is 1490. The Kier molecular flexibility index (Phi) is 6.69. The van der Waals surface area contributed by atoms with Crippen molar-refractivity contribution in [1.29, 1.82) is 0 Å². The fourth-order valence-electron chi connectivity index (χ4n) is 3.58. The number of anilines is 3. The first kappa shape index (κ1) is 24.4. The highest BCUT2D eigenvalue weighted by atomic mass is 19.1. The van der Waals surface area contributed by atoms with Crippen LogP contribution in [0.4, 0.5) is 26.0 Å². The van der Waals surface area contributed by atoms with E-state index in [4.69, 9.17) is 13.9 Å². The molecule has 0 unspecified atom stereocenters. The highest BCUT2D eigenvalue weighted by molar-refractivity contribution is 6.10. The van der Waals surface area contributed by atoms with Crippen molar-refractivity contribution in [3.63, 3.8) is 0 Å². The predicted molar refractivity (Wildman–Crippen MR) is 130 cm³/mol. The quantitative estimate of drug-likeness (QED) is 0.246. The Balaban J connectivity index is 1.70. The molecule has 184 valence electrons. The summed E-state index contributed by atoms with van der Waals surface area (Å²) in [5.74, 6) is -4.36. The first-order valence-corrected chi connectivity index (χ1v) is 10.6. The number of pyridine rings is 1. The van der Waals surface area contributed by atoms with Crippen LogP contribution in [-0.2, 0) is 4.79 Å². The van der Waals surface area contributed by atoms with Crippen molar-refractivity contribution in [3.8, 4) is 11.5 Å². The highest BCUT2D eigenvalue weighted by Crippen LogP contribution is 2.34. The molecule has 0 aliphatic carbocycles. The number of fused-ring (bicyclic) bond motifs is 1. The van der Waals surface area contributed by atoms with Crippen LogP contribution >= 0.6 is 0 Å². The molecule has 0 fully saturated rings. The summed E-state index contributed by atoms with van der Waals surface area (Å²) in [5, 5.41) is 6.32. The maximum atomic E-state index is 14.8. The van der Waals surface area contributed by atoms with E-state index in [0.29, 0.717) is 22.6 Å². The number of aryl methyl sites for hydroxylation is 1. The number of ether oxygens (including phenoxy) is 2. The van der Waals surface area contributed by atoms with E-state index in [0.717, 1.165) is 17.7 Å². The van der Waals surface area contributed by atoms with Crippen LogP contribution in [0.3, 0.4) is 0 Å². The van der Waals surface area contributed by atoms with Gasteiger partial charge in [-0.3, -0.25) is 9.59 Å². The summed E-state index contributed by atoms with van der Waals surface area (Å²) in [5.41, 5.74) is 1.32. The number of rotatable bonds is 8. The number of hydrogen-bond acceptors (Lipinski definition) is 7. The number of methoxy groups -OCH3 is 2. The molecule has 0 atom stereocenters. The van der Waals surface area contributed by atoms with Gasteiger partial charge in [0.05, 0.1) is 31.8 Å². The summed E-state index contributed by atoms with van der Waals surface area (Å²) in [7, 11) is 2.38. The molecular weight excluding hydrogens is 472 g/mol. The molecule has 2 aromatic heterocycles. The molecule has 0 bridgehead atoms. The first-order valence-electron chi connectivity index (χ1n) is 10.6. The number of amides is 1. The molecule has 36 heavy (non-hydrogen) atoms. The van der Waals surface area contributed by atoms with Crippen molar-refractivity contribution in [2.24, 2.45) is 0 Å². The lowest BCUT2D eigenvalue weighted by Gasteiger charge is -2.14. The molecular formula is C26H21F2N3O5. The van der Waals surface area contributed by atoms with Crippen molar-refractivity contribution in [3.05, 3.63) is 83.8 Å². The lowest BCUT2D eigenvalue weighted by molar-refractivity contribution is -0.111. The maximum Gasteiger partial charge on any atom is 0.247 e. The molecule has 1 amide bonds. The van der Waals surface area contributed by atoms with Crippen LogP contribution < -0.4 is 20.1 Å². The Labute approximate surface area is 204 Å². The molecule has 4 rings (SSSR count). The minimum Gasteiger partial charge on any atom is -0.494 e. The van der Waals surface area contributed by atoms with Gasteiger partial charge in [0, 0.05) is 11.5 Å². The van der Waals surface area contributed by atoms with Crippen molar-refractivity contribution in [1.82, 2.24) is 4.98 Å². The number of aromatic nitrogens is 1.